The van der Waals surface area contributed by atoms with Crippen LogP contribution < -0.4 is 30.5 Å². The number of carbonyl (C=O) groups excluding carboxylic acids is 2. The fourth-order valence-corrected chi connectivity index (χ4v) is 4.50. The number of amidine groups is 1. The van der Waals surface area contributed by atoms with E-state index in [9.17, 15) is 9.59 Å². The topological polar surface area (TPSA) is 104 Å². The Hall–Kier alpha value is -2.79. The van der Waals surface area contributed by atoms with Gasteiger partial charge in [-0.05, 0) is 42.5 Å². The molecule has 1 saturated heterocycles. The van der Waals surface area contributed by atoms with Crippen LogP contribution in [0.3, 0.4) is 0 Å². The van der Waals surface area contributed by atoms with Crippen molar-refractivity contribution in [2.45, 2.75) is 6.17 Å². The number of rotatable bonds is 6. The average Bonchev–Trinajstić information content (AvgIpc) is 3.27. The molecule has 1 fully saturated rings. The normalized spacial score (nSPS) is 19.9. The van der Waals surface area contributed by atoms with Gasteiger partial charge in [-0.3, -0.25) is 19.9 Å². The van der Waals surface area contributed by atoms with Crippen LogP contribution in [-0.2, 0) is 9.59 Å². The first kappa shape index (κ1) is 22.4. The van der Waals surface area contributed by atoms with E-state index in [1.807, 2.05) is 0 Å². The molecule has 0 bridgehead atoms. The van der Waals surface area contributed by atoms with Crippen molar-refractivity contribution in [1.29, 1.82) is 0 Å². The van der Waals surface area contributed by atoms with Gasteiger partial charge in [0.05, 0.1) is 36.6 Å². The van der Waals surface area contributed by atoms with Crippen LogP contribution in [0.25, 0.3) is 0 Å². The van der Waals surface area contributed by atoms with Crippen molar-refractivity contribution in [3.63, 3.8) is 0 Å². The fraction of sp³-hybridized carbons (Fsp3) is 0.286. The van der Waals surface area contributed by atoms with Crippen LogP contribution in [0.2, 0.25) is 5.02 Å². The van der Waals surface area contributed by atoms with Gasteiger partial charge in [-0.1, -0.05) is 23.4 Å². The summed E-state index contributed by atoms with van der Waals surface area (Å²) in [4.78, 5) is 31.9. The molecule has 168 valence electrons. The van der Waals surface area contributed by atoms with Gasteiger partial charge in [0, 0.05) is 12.2 Å². The van der Waals surface area contributed by atoms with Crippen molar-refractivity contribution in [3.8, 4) is 11.5 Å². The van der Waals surface area contributed by atoms with E-state index >= 15 is 0 Å². The smallest absolute Gasteiger partial charge is 0.241 e. The molecule has 2 aliphatic rings. The molecule has 3 N–H and O–H groups in total. The molecule has 0 spiro atoms. The lowest BCUT2D eigenvalue weighted by atomic mass is 10.0. The molecule has 2 unspecified atom stereocenters. The van der Waals surface area contributed by atoms with Gasteiger partial charge in [0.15, 0.2) is 5.17 Å². The number of benzene rings is 2. The number of aliphatic imine (C=N–C) groups is 1. The summed E-state index contributed by atoms with van der Waals surface area (Å²) in [7, 11) is 3.11. The van der Waals surface area contributed by atoms with Crippen molar-refractivity contribution >= 4 is 51.7 Å². The summed E-state index contributed by atoms with van der Waals surface area (Å²) >= 11 is 7.47. The zero-order valence-corrected chi connectivity index (χ0v) is 19.0. The summed E-state index contributed by atoms with van der Waals surface area (Å²) in [6, 6.07) is 12.1. The second-order valence-corrected chi connectivity index (χ2v) is 8.40. The average molecular weight is 476 g/mol. The molecule has 2 aromatic carbocycles. The van der Waals surface area contributed by atoms with E-state index in [0.717, 1.165) is 0 Å². The van der Waals surface area contributed by atoms with Gasteiger partial charge in [-0.15, -0.1) is 0 Å². The number of halogens is 1. The monoisotopic (exact) mass is 475 g/mol. The second-order valence-electron chi connectivity index (χ2n) is 7.05. The zero-order valence-electron chi connectivity index (χ0n) is 17.4. The number of fused-ring (bicyclic) bond motifs is 1. The predicted molar refractivity (Wildman–Crippen MR) is 125 cm³/mol. The van der Waals surface area contributed by atoms with Gasteiger partial charge in [0.2, 0.25) is 11.8 Å². The highest BCUT2D eigenvalue weighted by Gasteiger charge is 2.42. The number of ether oxygens (including phenoxy) is 2. The minimum Gasteiger partial charge on any atom is -0.497 e. The SMILES string of the molecule is COc1ccc(NC(=O)CSC2=NC3NNCC3C(=O)N2c2ccc(OC)c(Cl)c2)cc1. The Morgan fingerprint density at radius 3 is 2.72 bits per heavy atom. The second kappa shape index (κ2) is 9.78. The van der Waals surface area contributed by atoms with Crippen molar-refractivity contribution in [2.24, 2.45) is 10.9 Å². The van der Waals surface area contributed by atoms with E-state index in [1.54, 1.807) is 49.6 Å². The molecule has 2 atom stereocenters. The molecule has 0 radical (unpaired) electrons. The summed E-state index contributed by atoms with van der Waals surface area (Å²) in [6.45, 7) is 0.462. The Balaban J connectivity index is 1.51. The van der Waals surface area contributed by atoms with Crippen LogP contribution >= 0.6 is 23.4 Å². The molecule has 2 amide bonds. The summed E-state index contributed by atoms with van der Waals surface area (Å²) in [5.41, 5.74) is 7.19. The number of hydrogen-bond donors (Lipinski definition) is 3. The number of anilines is 2. The first-order valence-corrected chi connectivity index (χ1v) is 11.2. The van der Waals surface area contributed by atoms with E-state index in [1.165, 1.54) is 23.8 Å². The molecule has 4 rings (SSSR count). The number of nitrogens with one attached hydrogen (secondary N) is 3. The number of thioether (sulfide) groups is 1. The van der Waals surface area contributed by atoms with Gasteiger partial charge in [-0.25, -0.2) is 10.4 Å². The third-order valence-corrected chi connectivity index (χ3v) is 6.28. The largest absolute Gasteiger partial charge is 0.497 e. The van der Waals surface area contributed by atoms with Crippen LogP contribution in [0.15, 0.2) is 47.5 Å². The molecule has 9 nitrogen and oxygen atoms in total. The molecule has 32 heavy (non-hydrogen) atoms. The number of carbonyl (C=O) groups is 2. The van der Waals surface area contributed by atoms with Gasteiger partial charge in [0.25, 0.3) is 0 Å². The van der Waals surface area contributed by atoms with E-state index in [0.29, 0.717) is 39.6 Å². The van der Waals surface area contributed by atoms with E-state index in [4.69, 9.17) is 21.1 Å². The number of amides is 2. The summed E-state index contributed by atoms with van der Waals surface area (Å²) in [5.74, 6) is 0.585. The maximum Gasteiger partial charge on any atom is 0.241 e. The molecule has 0 aliphatic carbocycles. The Morgan fingerprint density at radius 1 is 1.25 bits per heavy atom. The summed E-state index contributed by atoms with van der Waals surface area (Å²) in [6.07, 6.45) is -0.389. The predicted octanol–water partition coefficient (Wildman–Crippen LogP) is 2.48. The Morgan fingerprint density at radius 2 is 2.03 bits per heavy atom. The lowest BCUT2D eigenvalue weighted by Crippen LogP contribution is -2.49. The lowest BCUT2D eigenvalue weighted by molar-refractivity contribution is -0.121. The maximum atomic E-state index is 13.2. The number of nitrogens with zero attached hydrogens (tertiary/aromatic N) is 2. The minimum atomic E-state index is -0.389. The van der Waals surface area contributed by atoms with Crippen molar-refractivity contribution in [1.82, 2.24) is 10.9 Å². The molecule has 2 aromatic rings. The Bertz CT molecular complexity index is 1050. The molecule has 0 saturated carbocycles. The van der Waals surface area contributed by atoms with Crippen molar-refractivity contribution in [2.75, 3.05) is 36.7 Å². The van der Waals surface area contributed by atoms with Crippen molar-refractivity contribution in [3.05, 3.63) is 47.5 Å². The summed E-state index contributed by atoms with van der Waals surface area (Å²) in [5, 5.41) is 3.62. The number of hydrogen-bond acceptors (Lipinski definition) is 8. The maximum absolute atomic E-state index is 13.2. The number of hydrazine groups is 1. The van der Waals surface area contributed by atoms with Gasteiger partial charge < -0.3 is 14.8 Å². The highest BCUT2D eigenvalue weighted by Crippen LogP contribution is 2.34. The standard InChI is InChI=1S/C21H22ClN5O4S/c1-30-14-6-3-12(4-7-14)24-18(28)11-32-21-25-19-15(10-23-26-19)20(29)27(21)13-5-8-17(31-2)16(22)9-13/h3-9,15,19,23,26H,10-11H2,1-2H3,(H,24,28). The first-order chi connectivity index (χ1) is 15.5. The Kier molecular flexibility index (Phi) is 6.85. The van der Waals surface area contributed by atoms with Gasteiger partial charge in [0.1, 0.15) is 17.7 Å². The molecular weight excluding hydrogens is 454 g/mol. The van der Waals surface area contributed by atoms with Crippen LogP contribution in [0.1, 0.15) is 0 Å². The Labute approximate surface area is 194 Å². The van der Waals surface area contributed by atoms with E-state index in [-0.39, 0.29) is 29.7 Å². The molecule has 2 aliphatic heterocycles. The molecule has 11 heteroatoms. The van der Waals surface area contributed by atoms with Crippen LogP contribution in [0.5, 0.6) is 11.5 Å². The third-order valence-electron chi connectivity index (χ3n) is 5.03. The van der Waals surface area contributed by atoms with Gasteiger partial charge in [-0.2, -0.15) is 0 Å². The highest BCUT2D eigenvalue weighted by atomic mass is 35.5. The van der Waals surface area contributed by atoms with E-state index in [2.05, 4.69) is 21.2 Å². The van der Waals surface area contributed by atoms with Crippen LogP contribution in [0.4, 0.5) is 11.4 Å². The minimum absolute atomic E-state index is 0.0728. The molecule has 0 aromatic heterocycles. The lowest BCUT2D eigenvalue weighted by Gasteiger charge is -2.32. The number of methoxy groups -OCH3 is 2. The van der Waals surface area contributed by atoms with Crippen molar-refractivity contribution < 1.29 is 19.1 Å². The summed E-state index contributed by atoms with van der Waals surface area (Å²) < 4.78 is 10.3. The van der Waals surface area contributed by atoms with Gasteiger partial charge >= 0.3 is 0 Å². The zero-order chi connectivity index (χ0) is 22.7. The van der Waals surface area contributed by atoms with Crippen LogP contribution in [0, 0.1) is 5.92 Å². The fourth-order valence-electron chi connectivity index (χ4n) is 3.40. The first-order valence-electron chi connectivity index (χ1n) is 9.80. The highest BCUT2D eigenvalue weighted by molar-refractivity contribution is 8.14. The quantitative estimate of drug-likeness (QED) is 0.589. The molecule has 2 heterocycles. The third kappa shape index (κ3) is 4.68. The van der Waals surface area contributed by atoms with E-state index < -0.39 is 0 Å². The van der Waals surface area contributed by atoms with Crippen LogP contribution in [-0.4, -0.2) is 49.7 Å². The molecular formula is C21H22ClN5O4S.